The first-order valence-electron chi connectivity index (χ1n) is 7.47. The monoisotopic (exact) mass is 322 g/mol. The molecule has 0 amide bonds. The van der Waals surface area contributed by atoms with Crippen molar-refractivity contribution < 1.29 is 9.90 Å². The molecule has 1 N–H and O–H groups in total. The molecule has 1 aliphatic rings. The Balaban J connectivity index is 2.08. The molecular formula is C20H18O2S. The van der Waals surface area contributed by atoms with Crippen LogP contribution in [-0.2, 0) is 4.79 Å². The predicted molar refractivity (Wildman–Crippen MR) is 97.4 cm³/mol. The number of hydrogen-bond donors (Lipinski definition) is 1. The van der Waals surface area contributed by atoms with Gasteiger partial charge in [0, 0.05) is 4.90 Å². The third kappa shape index (κ3) is 3.10. The van der Waals surface area contributed by atoms with Gasteiger partial charge in [-0.1, -0.05) is 36.4 Å². The van der Waals surface area contributed by atoms with Crippen LogP contribution >= 0.6 is 11.8 Å². The highest BCUT2D eigenvalue weighted by atomic mass is 32.2. The molecule has 0 heterocycles. The van der Waals surface area contributed by atoms with Crippen molar-refractivity contribution in [1.82, 2.24) is 0 Å². The Morgan fingerprint density at radius 1 is 1.09 bits per heavy atom. The second-order valence-corrected chi connectivity index (χ2v) is 6.43. The molecule has 3 rings (SSSR count). The summed E-state index contributed by atoms with van der Waals surface area (Å²) < 4.78 is 0. The molecule has 0 fully saturated rings. The van der Waals surface area contributed by atoms with Gasteiger partial charge in [0.15, 0.2) is 0 Å². The Hall–Kier alpha value is -2.26. The third-order valence-corrected chi connectivity index (χ3v) is 4.90. The molecule has 2 aromatic rings. The van der Waals surface area contributed by atoms with E-state index in [9.17, 15) is 9.90 Å². The standard InChI is InChI=1S/C20H18O2S/c1-13-18(11-14-7-9-15(23-2)10-8-14)16-5-3-4-6-17(16)19(13)12-20(21)22/h3-11H,12H2,1-2H3,(H,21,22)/b18-11+. The number of carboxylic acids is 1. The summed E-state index contributed by atoms with van der Waals surface area (Å²) in [4.78, 5) is 12.4. The van der Waals surface area contributed by atoms with Gasteiger partial charge in [0.05, 0.1) is 6.42 Å². The van der Waals surface area contributed by atoms with Gasteiger partial charge in [-0.15, -0.1) is 11.8 Å². The van der Waals surface area contributed by atoms with Gasteiger partial charge < -0.3 is 5.11 Å². The zero-order valence-corrected chi connectivity index (χ0v) is 14.0. The average Bonchev–Trinajstić information content (AvgIpc) is 2.81. The molecule has 0 saturated carbocycles. The Morgan fingerprint density at radius 3 is 2.35 bits per heavy atom. The van der Waals surface area contributed by atoms with Crippen LogP contribution in [0.1, 0.15) is 30.0 Å². The average molecular weight is 322 g/mol. The number of fused-ring (bicyclic) bond motifs is 1. The van der Waals surface area contributed by atoms with Crippen LogP contribution in [0.5, 0.6) is 0 Å². The first-order valence-corrected chi connectivity index (χ1v) is 8.70. The molecule has 0 aromatic heterocycles. The van der Waals surface area contributed by atoms with Crippen molar-refractivity contribution >= 4 is 35.0 Å². The molecule has 116 valence electrons. The van der Waals surface area contributed by atoms with Crippen molar-refractivity contribution in [3.05, 3.63) is 70.8 Å². The van der Waals surface area contributed by atoms with Crippen LogP contribution in [0.2, 0.25) is 0 Å². The summed E-state index contributed by atoms with van der Waals surface area (Å²) in [5.74, 6) is -0.792. The fourth-order valence-electron chi connectivity index (χ4n) is 2.98. The molecule has 0 aliphatic heterocycles. The largest absolute Gasteiger partial charge is 0.481 e. The van der Waals surface area contributed by atoms with Crippen LogP contribution in [-0.4, -0.2) is 17.3 Å². The van der Waals surface area contributed by atoms with Crippen molar-refractivity contribution in [3.63, 3.8) is 0 Å². The molecule has 2 nitrogen and oxygen atoms in total. The fourth-order valence-corrected chi connectivity index (χ4v) is 3.39. The van der Waals surface area contributed by atoms with Crippen molar-refractivity contribution in [1.29, 1.82) is 0 Å². The number of benzene rings is 2. The van der Waals surface area contributed by atoms with E-state index < -0.39 is 5.97 Å². The minimum Gasteiger partial charge on any atom is -0.481 e. The molecule has 2 aromatic carbocycles. The van der Waals surface area contributed by atoms with E-state index in [4.69, 9.17) is 0 Å². The Kier molecular flexibility index (Phi) is 4.39. The van der Waals surface area contributed by atoms with Crippen LogP contribution in [0, 0.1) is 0 Å². The van der Waals surface area contributed by atoms with Crippen molar-refractivity contribution in [2.24, 2.45) is 0 Å². The van der Waals surface area contributed by atoms with Gasteiger partial charge in [-0.3, -0.25) is 4.79 Å². The molecule has 0 bridgehead atoms. The predicted octanol–water partition coefficient (Wildman–Crippen LogP) is 5.21. The van der Waals surface area contributed by atoms with Gasteiger partial charge in [0.25, 0.3) is 0 Å². The third-order valence-electron chi connectivity index (χ3n) is 4.15. The fraction of sp³-hybridized carbons (Fsp3) is 0.150. The Bertz CT molecular complexity index is 814. The zero-order valence-electron chi connectivity index (χ0n) is 13.2. The van der Waals surface area contributed by atoms with Gasteiger partial charge in [0.1, 0.15) is 0 Å². The van der Waals surface area contributed by atoms with Gasteiger partial charge >= 0.3 is 5.97 Å². The summed E-state index contributed by atoms with van der Waals surface area (Å²) >= 11 is 1.72. The maximum absolute atomic E-state index is 11.2. The summed E-state index contributed by atoms with van der Waals surface area (Å²) in [6, 6.07) is 16.5. The quantitative estimate of drug-likeness (QED) is 0.785. The van der Waals surface area contributed by atoms with Crippen LogP contribution in [0.25, 0.3) is 17.2 Å². The molecular weight excluding hydrogens is 304 g/mol. The smallest absolute Gasteiger partial charge is 0.307 e. The minimum atomic E-state index is -0.792. The van der Waals surface area contributed by atoms with Crippen molar-refractivity contribution in [2.45, 2.75) is 18.2 Å². The highest BCUT2D eigenvalue weighted by Gasteiger charge is 2.24. The van der Waals surface area contributed by atoms with Gasteiger partial charge in [-0.05, 0) is 64.8 Å². The molecule has 0 unspecified atom stereocenters. The number of carbonyl (C=O) groups is 1. The maximum atomic E-state index is 11.2. The minimum absolute atomic E-state index is 0.0611. The van der Waals surface area contributed by atoms with Crippen LogP contribution in [0.4, 0.5) is 0 Å². The van der Waals surface area contributed by atoms with Gasteiger partial charge in [-0.2, -0.15) is 0 Å². The number of aliphatic carboxylic acids is 1. The number of rotatable bonds is 4. The second kappa shape index (κ2) is 6.47. The van der Waals surface area contributed by atoms with E-state index in [1.165, 1.54) is 4.90 Å². The SMILES string of the molecule is CSc1ccc(/C=C2\C(C)=C(CC(=O)O)c3ccccc32)cc1. The second-order valence-electron chi connectivity index (χ2n) is 5.55. The molecule has 0 saturated heterocycles. The van der Waals surface area contributed by atoms with Gasteiger partial charge in [-0.25, -0.2) is 0 Å². The highest BCUT2D eigenvalue weighted by Crippen LogP contribution is 2.43. The topological polar surface area (TPSA) is 37.3 Å². The maximum Gasteiger partial charge on any atom is 0.307 e. The number of allylic oxidation sites excluding steroid dienone is 2. The number of thioether (sulfide) groups is 1. The summed E-state index contributed by atoms with van der Waals surface area (Å²) in [6.07, 6.45) is 4.27. The molecule has 0 radical (unpaired) electrons. The molecule has 23 heavy (non-hydrogen) atoms. The zero-order chi connectivity index (χ0) is 16.4. The van der Waals surface area contributed by atoms with E-state index in [-0.39, 0.29) is 6.42 Å². The summed E-state index contributed by atoms with van der Waals surface area (Å²) in [7, 11) is 0. The molecule has 0 atom stereocenters. The lowest BCUT2D eigenvalue weighted by Gasteiger charge is -2.04. The molecule has 0 spiro atoms. The summed E-state index contributed by atoms with van der Waals surface area (Å²) in [5.41, 5.74) is 6.38. The molecule has 1 aliphatic carbocycles. The first kappa shape index (κ1) is 15.6. The van der Waals surface area contributed by atoms with E-state index in [0.717, 1.165) is 33.4 Å². The van der Waals surface area contributed by atoms with E-state index in [0.29, 0.717) is 0 Å². The summed E-state index contributed by atoms with van der Waals surface area (Å²) in [5, 5.41) is 9.19. The Labute approximate surface area is 140 Å². The highest BCUT2D eigenvalue weighted by molar-refractivity contribution is 7.98. The van der Waals surface area contributed by atoms with Gasteiger partial charge in [0.2, 0.25) is 0 Å². The number of carboxylic acid groups (broad SMARTS) is 1. The first-order chi connectivity index (χ1) is 11.1. The van der Waals surface area contributed by atoms with Crippen molar-refractivity contribution in [2.75, 3.05) is 6.26 Å². The summed E-state index contributed by atoms with van der Waals surface area (Å²) in [6.45, 7) is 2.01. The lowest BCUT2D eigenvalue weighted by Crippen LogP contribution is -1.96. The van der Waals surface area contributed by atoms with Crippen LogP contribution in [0.15, 0.2) is 59.0 Å². The van der Waals surface area contributed by atoms with Crippen LogP contribution < -0.4 is 0 Å². The molecule has 3 heteroatoms. The lowest BCUT2D eigenvalue weighted by molar-refractivity contribution is -0.135. The number of hydrogen-bond acceptors (Lipinski definition) is 2. The lowest BCUT2D eigenvalue weighted by atomic mass is 10.0. The van der Waals surface area contributed by atoms with E-state index in [2.05, 4.69) is 42.7 Å². The van der Waals surface area contributed by atoms with E-state index in [1.54, 1.807) is 11.8 Å². The van der Waals surface area contributed by atoms with Crippen molar-refractivity contribution in [3.8, 4) is 0 Å². The van der Waals surface area contributed by atoms with Crippen LogP contribution in [0.3, 0.4) is 0 Å². The Morgan fingerprint density at radius 2 is 1.74 bits per heavy atom. The van der Waals surface area contributed by atoms with E-state index >= 15 is 0 Å². The van der Waals surface area contributed by atoms with E-state index in [1.807, 2.05) is 25.1 Å². The normalized spacial score (nSPS) is 15.1.